The number of nitrogens with one attached hydrogen (secondary N) is 1. The van der Waals surface area contributed by atoms with Crippen LogP contribution in [0.25, 0.3) is 11.4 Å². The lowest BCUT2D eigenvalue weighted by molar-refractivity contribution is -0.135. The first-order valence-electron chi connectivity index (χ1n) is 9.63. The van der Waals surface area contributed by atoms with Crippen LogP contribution in [0.15, 0.2) is 58.4 Å². The van der Waals surface area contributed by atoms with Crippen LogP contribution in [0, 0.1) is 0 Å². The topological polar surface area (TPSA) is 114 Å². The van der Waals surface area contributed by atoms with E-state index in [0.29, 0.717) is 23.6 Å². The molecule has 152 valence electrons. The zero-order valence-electron chi connectivity index (χ0n) is 16.4. The van der Waals surface area contributed by atoms with Gasteiger partial charge in [0.15, 0.2) is 0 Å². The van der Waals surface area contributed by atoms with E-state index < -0.39 is 0 Å². The van der Waals surface area contributed by atoms with Crippen molar-refractivity contribution in [3.05, 3.63) is 60.2 Å². The lowest BCUT2D eigenvalue weighted by Crippen LogP contribution is -2.38. The Morgan fingerprint density at radius 2 is 2.03 bits per heavy atom. The third-order valence-electron chi connectivity index (χ3n) is 4.63. The Hall–Kier alpha value is -3.88. The summed E-state index contributed by atoms with van der Waals surface area (Å²) in [5.41, 5.74) is 3.04. The van der Waals surface area contributed by atoms with Gasteiger partial charge in [0.25, 0.3) is 5.89 Å². The van der Waals surface area contributed by atoms with Crippen molar-refractivity contribution >= 4 is 23.2 Å². The molecule has 0 atom stereocenters. The first-order chi connectivity index (χ1) is 14.6. The minimum atomic E-state index is -0.329. The highest BCUT2D eigenvalue weighted by Crippen LogP contribution is 2.19. The van der Waals surface area contributed by atoms with Crippen LogP contribution >= 0.6 is 0 Å². The van der Waals surface area contributed by atoms with Crippen molar-refractivity contribution in [1.82, 2.24) is 20.1 Å². The summed E-state index contributed by atoms with van der Waals surface area (Å²) in [4.78, 5) is 33.0. The van der Waals surface area contributed by atoms with Crippen molar-refractivity contribution < 1.29 is 14.1 Å². The molecule has 1 N–H and O–H groups in total. The van der Waals surface area contributed by atoms with E-state index in [1.165, 1.54) is 0 Å². The summed E-state index contributed by atoms with van der Waals surface area (Å²) in [6, 6.07) is 11.1. The molecule has 2 amide bonds. The molecule has 1 aliphatic heterocycles. The third kappa shape index (κ3) is 4.40. The van der Waals surface area contributed by atoms with E-state index in [1.807, 2.05) is 31.2 Å². The fourth-order valence-corrected chi connectivity index (χ4v) is 3.04. The number of aromatic nitrogens is 3. The average molecular weight is 404 g/mol. The lowest BCUT2D eigenvalue weighted by atomic mass is 10.1. The number of benzene rings is 1. The van der Waals surface area contributed by atoms with Gasteiger partial charge in [-0.1, -0.05) is 24.2 Å². The Morgan fingerprint density at radius 1 is 1.20 bits per heavy atom. The normalized spacial score (nSPS) is 13.8. The molecule has 1 aliphatic rings. The molecular weight excluding hydrogens is 384 g/mol. The van der Waals surface area contributed by atoms with Gasteiger partial charge < -0.3 is 9.84 Å². The zero-order chi connectivity index (χ0) is 20.9. The van der Waals surface area contributed by atoms with E-state index in [1.54, 1.807) is 24.5 Å². The van der Waals surface area contributed by atoms with Crippen molar-refractivity contribution in [2.24, 2.45) is 5.10 Å². The number of nitrogens with zero attached hydrogens (tertiary/aromatic N) is 5. The standard InChI is InChI=1S/C21H20N6O3/c1-2-14-4-3-5-16(12-14)23-18(28)13-27-19(29)7-6-17(25-27)21-24-20(26-30-21)15-8-10-22-11-9-15/h3-5,8-12H,2,6-7,13H2,1H3,(H,23,28). The maximum atomic E-state index is 12.4. The second kappa shape index (κ2) is 8.64. The molecule has 3 aromatic rings. The number of aryl methyl sites for hydroxylation is 1. The van der Waals surface area contributed by atoms with Gasteiger partial charge >= 0.3 is 0 Å². The van der Waals surface area contributed by atoms with Crippen LogP contribution in [0.1, 0.15) is 31.2 Å². The van der Waals surface area contributed by atoms with Crippen LogP contribution in [0.5, 0.6) is 0 Å². The molecule has 4 rings (SSSR count). The predicted molar refractivity (Wildman–Crippen MR) is 109 cm³/mol. The summed E-state index contributed by atoms with van der Waals surface area (Å²) in [6.07, 6.45) is 4.73. The van der Waals surface area contributed by atoms with Gasteiger partial charge in [0.1, 0.15) is 12.3 Å². The number of hydrazone groups is 1. The Morgan fingerprint density at radius 3 is 2.83 bits per heavy atom. The molecule has 3 heterocycles. The highest BCUT2D eigenvalue weighted by molar-refractivity contribution is 6.02. The molecule has 0 unspecified atom stereocenters. The monoisotopic (exact) mass is 404 g/mol. The largest absolute Gasteiger partial charge is 0.332 e. The lowest BCUT2D eigenvalue weighted by Gasteiger charge is -2.21. The summed E-state index contributed by atoms with van der Waals surface area (Å²) < 4.78 is 5.32. The van der Waals surface area contributed by atoms with Gasteiger partial charge in [0.05, 0.1) is 0 Å². The molecule has 9 heteroatoms. The second-order valence-corrected chi connectivity index (χ2v) is 6.76. The van der Waals surface area contributed by atoms with Crippen LogP contribution < -0.4 is 5.32 Å². The highest BCUT2D eigenvalue weighted by atomic mass is 16.5. The number of carbonyl (C=O) groups is 2. The highest BCUT2D eigenvalue weighted by Gasteiger charge is 2.26. The molecule has 0 aliphatic carbocycles. The SMILES string of the molecule is CCc1cccc(NC(=O)CN2N=C(c3nc(-c4ccncc4)no3)CCC2=O)c1. The maximum Gasteiger partial charge on any atom is 0.274 e. The van der Waals surface area contributed by atoms with E-state index in [0.717, 1.165) is 22.6 Å². The van der Waals surface area contributed by atoms with Crippen LogP contribution in [-0.2, 0) is 16.0 Å². The summed E-state index contributed by atoms with van der Waals surface area (Å²) in [6.45, 7) is 1.85. The summed E-state index contributed by atoms with van der Waals surface area (Å²) in [5, 5.41) is 12.2. The zero-order valence-corrected chi connectivity index (χ0v) is 16.4. The predicted octanol–water partition coefficient (Wildman–Crippen LogP) is 2.66. The Kier molecular flexibility index (Phi) is 5.60. The third-order valence-corrected chi connectivity index (χ3v) is 4.63. The first kappa shape index (κ1) is 19.4. The minimum absolute atomic E-state index is 0.190. The fraction of sp³-hybridized carbons (Fsp3) is 0.238. The molecule has 0 radical (unpaired) electrons. The van der Waals surface area contributed by atoms with E-state index in [2.05, 4.69) is 25.5 Å². The Bertz CT molecular complexity index is 1090. The smallest absolute Gasteiger partial charge is 0.274 e. The molecular formula is C21H20N6O3. The van der Waals surface area contributed by atoms with Crippen LogP contribution in [0.4, 0.5) is 5.69 Å². The molecule has 30 heavy (non-hydrogen) atoms. The molecule has 0 saturated heterocycles. The van der Waals surface area contributed by atoms with E-state index >= 15 is 0 Å². The number of amides is 2. The molecule has 2 aromatic heterocycles. The van der Waals surface area contributed by atoms with Crippen molar-refractivity contribution in [2.45, 2.75) is 26.2 Å². The number of hydrogen-bond donors (Lipinski definition) is 1. The average Bonchev–Trinajstić information content (AvgIpc) is 3.26. The Balaban J connectivity index is 1.47. The number of carbonyl (C=O) groups excluding carboxylic acids is 2. The van der Waals surface area contributed by atoms with Crippen molar-refractivity contribution in [1.29, 1.82) is 0 Å². The van der Waals surface area contributed by atoms with Crippen LogP contribution in [0.3, 0.4) is 0 Å². The van der Waals surface area contributed by atoms with Gasteiger partial charge in [0, 0.05) is 36.5 Å². The summed E-state index contributed by atoms with van der Waals surface area (Å²) >= 11 is 0. The molecule has 0 bridgehead atoms. The molecule has 0 fully saturated rings. The van der Waals surface area contributed by atoms with Gasteiger partial charge in [-0.2, -0.15) is 10.1 Å². The van der Waals surface area contributed by atoms with Gasteiger partial charge in [0.2, 0.25) is 17.6 Å². The van der Waals surface area contributed by atoms with E-state index in [4.69, 9.17) is 4.52 Å². The molecule has 9 nitrogen and oxygen atoms in total. The van der Waals surface area contributed by atoms with Gasteiger partial charge in [-0.05, 0) is 36.2 Å². The number of anilines is 1. The van der Waals surface area contributed by atoms with Crippen LogP contribution in [-0.4, -0.2) is 44.2 Å². The van der Waals surface area contributed by atoms with E-state index in [-0.39, 0.29) is 30.7 Å². The van der Waals surface area contributed by atoms with Crippen LogP contribution in [0.2, 0.25) is 0 Å². The molecule has 0 spiro atoms. The molecule has 0 saturated carbocycles. The van der Waals surface area contributed by atoms with E-state index in [9.17, 15) is 9.59 Å². The fourth-order valence-electron chi connectivity index (χ4n) is 3.04. The number of rotatable bonds is 6. The summed E-state index contributed by atoms with van der Waals surface area (Å²) in [5.74, 6) is 0.0807. The van der Waals surface area contributed by atoms with Gasteiger partial charge in [-0.3, -0.25) is 14.6 Å². The summed E-state index contributed by atoms with van der Waals surface area (Å²) in [7, 11) is 0. The van der Waals surface area contributed by atoms with Gasteiger partial charge in [-0.25, -0.2) is 5.01 Å². The van der Waals surface area contributed by atoms with Crippen molar-refractivity contribution in [3.8, 4) is 11.4 Å². The number of pyridine rings is 1. The van der Waals surface area contributed by atoms with Crippen molar-refractivity contribution in [2.75, 3.05) is 11.9 Å². The van der Waals surface area contributed by atoms with Gasteiger partial charge in [-0.15, -0.1) is 0 Å². The maximum absolute atomic E-state index is 12.4. The molecule has 1 aromatic carbocycles. The van der Waals surface area contributed by atoms with Crippen molar-refractivity contribution in [3.63, 3.8) is 0 Å². The quantitative estimate of drug-likeness (QED) is 0.676. The number of hydrogen-bond acceptors (Lipinski definition) is 7. The first-order valence-corrected chi connectivity index (χ1v) is 9.63. The minimum Gasteiger partial charge on any atom is -0.332 e. The second-order valence-electron chi connectivity index (χ2n) is 6.76. The Labute approximate surface area is 172 Å².